The van der Waals surface area contributed by atoms with Crippen LogP contribution in [0.1, 0.15) is 105 Å². The minimum Gasteiger partial charge on any atom is -0.488 e. The second kappa shape index (κ2) is 25.8. The second-order valence-electron chi connectivity index (χ2n) is 11.8. The molecule has 2 aromatic rings. The molecule has 45 heavy (non-hydrogen) atoms. The second-order valence-corrected chi connectivity index (χ2v) is 11.8. The van der Waals surface area contributed by atoms with Gasteiger partial charge >= 0.3 is 0 Å². The Bertz CT molecular complexity index is 1140. The highest BCUT2D eigenvalue weighted by molar-refractivity contribution is 5.91. The molecule has 0 spiro atoms. The number of hydrogen-bond acceptors (Lipinski definition) is 4. The number of carbonyl (C=O) groups is 1. The third-order valence-corrected chi connectivity index (χ3v) is 6.88. The average molecular weight is 618 g/mol. The van der Waals surface area contributed by atoms with Crippen LogP contribution in [-0.4, -0.2) is 23.8 Å². The maximum atomic E-state index is 12.3. The van der Waals surface area contributed by atoms with E-state index in [-0.39, 0.29) is 5.78 Å². The number of aryl methyl sites for hydroxylation is 1. The highest BCUT2D eigenvalue weighted by Gasteiger charge is 2.18. The zero-order chi connectivity index (χ0) is 34.0. The normalized spacial score (nSPS) is 13.1. The van der Waals surface area contributed by atoms with E-state index in [4.69, 9.17) is 9.47 Å². The highest BCUT2D eigenvalue weighted by atomic mass is 16.5. The number of ketones is 1. The van der Waals surface area contributed by atoms with E-state index in [1.54, 1.807) is 25.2 Å². The summed E-state index contributed by atoms with van der Waals surface area (Å²) in [5.41, 5.74) is 3.30. The topological polar surface area (TPSA) is 38.8 Å². The first-order valence-electron chi connectivity index (χ1n) is 16.9. The van der Waals surface area contributed by atoms with Crippen LogP contribution in [0.4, 0.5) is 0 Å². The molecule has 1 saturated carbocycles. The quantitative estimate of drug-likeness (QED) is 0.127. The lowest BCUT2D eigenvalue weighted by Gasteiger charge is -2.27. The lowest BCUT2D eigenvalue weighted by Crippen LogP contribution is -2.24. The van der Waals surface area contributed by atoms with E-state index in [0.29, 0.717) is 24.7 Å². The number of hydrogen-bond donors (Lipinski definition) is 0. The number of carbonyl (C=O) groups excluding carboxylic acids is 1. The molecule has 0 N–H and O–H groups in total. The number of benzene rings is 2. The van der Waals surface area contributed by atoms with Gasteiger partial charge in [0.1, 0.15) is 11.5 Å². The van der Waals surface area contributed by atoms with E-state index < -0.39 is 0 Å². The fourth-order valence-corrected chi connectivity index (χ4v) is 4.70. The van der Waals surface area contributed by atoms with Gasteiger partial charge in [0, 0.05) is 20.0 Å². The Hall–Kier alpha value is -3.53. The van der Waals surface area contributed by atoms with E-state index >= 15 is 0 Å². The van der Waals surface area contributed by atoms with Gasteiger partial charge in [0.05, 0.1) is 12.3 Å². The summed E-state index contributed by atoms with van der Waals surface area (Å²) in [7, 11) is 0. The van der Waals surface area contributed by atoms with Crippen molar-refractivity contribution >= 4 is 5.78 Å². The van der Waals surface area contributed by atoms with E-state index in [1.807, 2.05) is 57.2 Å². The van der Waals surface area contributed by atoms with E-state index in [2.05, 4.69) is 70.9 Å². The van der Waals surface area contributed by atoms with Crippen LogP contribution in [0.3, 0.4) is 0 Å². The molecule has 1 aliphatic rings. The molecule has 1 fully saturated rings. The number of allylic oxidation sites excluding steroid dienone is 5. The Balaban J connectivity index is 0.00000124. The van der Waals surface area contributed by atoms with Gasteiger partial charge < -0.3 is 14.4 Å². The molecule has 0 unspecified atom stereocenters. The summed E-state index contributed by atoms with van der Waals surface area (Å²) >= 11 is 0. The van der Waals surface area contributed by atoms with Crippen molar-refractivity contribution in [3.8, 4) is 5.75 Å². The van der Waals surface area contributed by atoms with Crippen molar-refractivity contribution in [1.82, 2.24) is 4.90 Å². The van der Waals surface area contributed by atoms with Crippen molar-refractivity contribution in [2.75, 3.05) is 13.2 Å². The SMILES string of the molecule is C=C/C=C\C(=C)Oc1cccc(CN(CC)/C(C)=C(\OCCC2CCCCC2)C(C)=O)c1.CC.CC(C)C.Cc1ccccc1. The maximum absolute atomic E-state index is 12.3. The monoisotopic (exact) mass is 617 g/mol. The van der Waals surface area contributed by atoms with Gasteiger partial charge in [-0.05, 0) is 62.8 Å². The van der Waals surface area contributed by atoms with Crippen molar-refractivity contribution in [2.24, 2.45) is 11.8 Å². The van der Waals surface area contributed by atoms with Gasteiger partial charge in [-0.3, -0.25) is 4.79 Å². The lowest BCUT2D eigenvalue weighted by molar-refractivity contribution is -0.117. The van der Waals surface area contributed by atoms with Crippen molar-refractivity contribution in [3.63, 3.8) is 0 Å². The highest BCUT2D eigenvalue weighted by Crippen LogP contribution is 2.27. The minimum absolute atomic E-state index is 0.0213. The van der Waals surface area contributed by atoms with Crippen LogP contribution in [0.5, 0.6) is 5.75 Å². The fraction of sp³-hybridized carbons (Fsp3) is 0.488. The van der Waals surface area contributed by atoms with E-state index in [9.17, 15) is 4.79 Å². The maximum Gasteiger partial charge on any atom is 0.196 e. The Morgan fingerprint density at radius 3 is 2.13 bits per heavy atom. The summed E-state index contributed by atoms with van der Waals surface area (Å²) in [6.07, 6.45) is 12.8. The summed E-state index contributed by atoms with van der Waals surface area (Å²) in [6.45, 7) is 27.8. The molecular weight excluding hydrogens is 554 g/mol. The Morgan fingerprint density at radius 1 is 1.00 bits per heavy atom. The molecule has 3 rings (SSSR count). The number of nitrogens with zero attached hydrogens (tertiary/aromatic N) is 1. The average Bonchev–Trinajstić information content (AvgIpc) is 3.02. The Morgan fingerprint density at radius 2 is 1.62 bits per heavy atom. The molecule has 0 amide bonds. The molecule has 2 aromatic carbocycles. The smallest absolute Gasteiger partial charge is 0.196 e. The molecule has 0 saturated heterocycles. The molecule has 0 heterocycles. The molecule has 0 aliphatic heterocycles. The predicted octanol–water partition coefficient (Wildman–Crippen LogP) is 11.6. The van der Waals surface area contributed by atoms with Crippen LogP contribution in [-0.2, 0) is 16.1 Å². The first kappa shape index (κ1) is 41.5. The van der Waals surface area contributed by atoms with E-state index in [1.165, 1.54) is 37.7 Å². The van der Waals surface area contributed by atoms with E-state index in [0.717, 1.165) is 41.8 Å². The van der Waals surface area contributed by atoms with Crippen LogP contribution in [0.2, 0.25) is 0 Å². The minimum atomic E-state index is -0.0213. The summed E-state index contributed by atoms with van der Waals surface area (Å²) in [5.74, 6) is 3.31. The molecule has 250 valence electrons. The summed E-state index contributed by atoms with van der Waals surface area (Å²) in [5, 5.41) is 0. The molecular formula is C41H63NO3. The third-order valence-electron chi connectivity index (χ3n) is 6.88. The summed E-state index contributed by atoms with van der Waals surface area (Å²) in [6, 6.07) is 18.2. The fourth-order valence-electron chi connectivity index (χ4n) is 4.70. The van der Waals surface area contributed by atoms with Crippen LogP contribution >= 0.6 is 0 Å². The number of Topliss-reactive ketones (excluding diaryl/α,β-unsaturated/α-hetero) is 1. The van der Waals surface area contributed by atoms with Gasteiger partial charge in [0.2, 0.25) is 0 Å². The molecule has 1 aliphatic carbocycles. The Kier molecular flexibility index (Phi) is 23.7. The molecule has 0 bridgehead atoms. The van der Waals surface area contributed by atoms with Crippen molar-refractivity contribution in [2.45, 2.75) is 107 Å². The molecule has 0 radical (unpaired) electrons. The van der Waals surface area contributed by atoms with Gasteiger partial charge in [-0.15, -0.1) is 0 Å². The lowest BCUT2D eigenvalue weighted by atomic mass is 9.87. The first-order chi connectivity index (χ1) is 21.6. The summed E-state index contributed by atoms with van der Waals surface area (Å²) in [4.78, 5) is 14.5. The van der Waals surface area contributed by atoms with Crippen molar-refractivity contribution in [3.05, 3.63) is 114 Å². The largest absolute Gasteiger partial charge is 0.488 e. The van der Waals surface area contributed by atoms with Crippen LogP contribution in [0.25, 0.3) is 0 Å². The Labute approximate surface area is 276 Å². The van der Waals surface area contributed by atoms with Crippen LogP contribution < -0.4 is 4.74 Å². The molecule has 0 aromatic heterocycles. The zero-order valence-corrected chi connectivity index (χ0v) is 30.0. The zero-order valence-electron chi connectivity index (χ0n) is 30.0. The van der Waals surface area contributed by atoms with Gasteiger partial charge in [-0.2, -0.15) is 0 Å². The van der Waals surface area contributed by atoms with Gasteiger partial charge in [-0.1, -0.05) is 140 Å². The van der Waals surface area contributed by atoms with Gasteiger partial charge in [0.15, 0.2) is 11.5 Å². The standard InChI is InChI=1S/C28H39NO3.C7H8.C4H10.C2H6/c1-6-8-13-22(3)32-27-17-12-16-26(20-27)21-29(7-2)23(4)28(24(5)30)31-19-18-25-14-10-9-11-15-25;1-7-5-3-2-4-6-7;1-4(2)3;1-2/h6,8,12-13,16-17,20,25H,1,3,7,9-11,14-15,18-19,21H2,2,4-5H3;2-6H,1H3;4H,1-3H3;1-2H3/b13-8-,28-23-;;;. The molecule has 4 nitrogen and oxygen atoms in total. The first-order valence-corrected chi connectivity index (χ1v) is 16.9. The van der Waals surface area contributed by atoms with Gasteiger partial charge in [0.25, 0.3) is 0 Å². The van der Waals surface area contributed by atoms with Crippen molar-refractivity contribution < 1.29 is 14.3 Å². The van der Waals surface area contributed by atoms with Crippen molar-refractivity contribution in [1.29, 1.82) is 0 Å². The van der Waals surface area contributed by atoms with Crippen LogP contribution in [0, 0.1) is 18.8 Å². The predicted molar refractivity (Wildman–Crippen MR) is 195 cm³/mol. The molecule has 4 heteroatoms. The van der Waals surface area contributed by atoms with Gasteiger partial charge in [-0.25, -0.2) is 0 Å². The van der Waals surface area contributed by atoms with Crippen LogP contribution in [0.15, 0.2) is 103 Å². The third kappa shape index (κ3) is 20.2. The molecule has 0 atom stereocenters. The number of ether oxygens (including phenoxy) is 2. The summed E-state index contributed by atoms with van der Waals surface area (Å²) < 4.78 is 11.8. The number of rotatable bonds is 13.